The minimum Gasteiger partial charge on any atom is -0.512 e. The molecular formula is C8H10BNO4. The number of hydrogen-bond acceptors (Lipinski definition) is 4. The number of carbonyl (C=O) groups excluding carboxylic acids is 1. The summed E-state index contributed by atoms with van der Waals surface area (Å²) >= 11 is 0. The lowest BCUT2D eigenvalue weighted by molar-refractivity contribution is -0.117. The van der Waals surface area contributed by atoms with Gasteiger partial charge in [0.15, 0.2) is 0 Å². The molecule has 0 fully saturated rings. The number of hydrogen-bond donors (Lipinski definition) is 3. The van der Waals surface area contributed by atoms with Crippen molar-refractivity contribution in [2.24, 2.45) is 5.73 Å². The molecule has 4 N–H and O–H groups in total. The number of amides is 1. The van der Waals surface area contributed by atoms with Gasteiger partial charge in [-0.2, -0.15) is 0 Å². The molecule has 1 aromatic carbocycles. The molecule has 5 nitrogen and oxygen atoms in total. The van der Waals surface area contributed by atoms with E-state index in [-0.39, 0.29) is 12.2 Å². The molecule has 0 saturated heterocycles. The molecule has 1 aromatic rings. The van der Waals surface area contributed by atoms with E-state index < -0.39 is 13.2 Å². The zero-order valence-corrected chi connectivity index (χ0v) is 7.38. The highest BCUT2D eigenvalue weighted by atomic mass is 16.6. The summed E-state index contributed by atoms with van der Waals surface area (Å²) in [6, 6.07) is 6.39. The molecule has 0 heterocycles. The van der Waals surface area contributed by atoms with Crippen LogP contribution in [0.2, 0.25) is 0 Å². The van der Waals surface area contributed by atoms with Gasteiger partial charge in [-0.25, -0.2) is 0 Å². The fraction of sp³-hybridized carbons (Fsp3) is 0.125. The van der Waals surface area contributed by atoms with E-state index in [1.807, 2.05) is 0 Å². The first-order valence-corrected chi connectivity index (χ1v) is 3.98. The fourth-order valence-corrected chi connectivity index (χ4v) is 1.05. The molecule has 14 heavy (non-hydrogen) atoms. The van der Waals surface area contributed by atoms with Gasteiger partial charge in [0.05, 0.1) is 6.42 Å². The lowest BCUT2D eigenvalue weighted by Gasteiger charge is -2.05. The Kier molecular flexibility index (Phi) is 3.50. The first-order chi connectivity index (χ1) is 6.58. The Morgan fingerprint density at radius 3 is 2.79 bits per heavy atom. The van der Waals surface area contributed by atoms with Gasteiger partial charge in [-0.3, -0.25) is 4.79 Å². The van der Waals surface area contributed by atoms with Crippen molar-refractivity contribution in [3.63, 3.8) is 0 Å². The standard InChI is InChI=1S/C8H10BNO4/c10-8(11)5-6-2-1-3-7(4-6)14-9(12)13/h1-4,12-13H,5H2,(H2,10,11). The minimum atomic E-state index is -1.86. The summed E-state index contributed by atoms with van der Waals surface area (Å²) in [5.74, 6) is -0.176. The van der Waals surface area contributed by atoms with E-state index in [0.717, 1.165) is 0 Å². The van der Waals surface area contributed by atoms with Crippen molar-refractivity contribution in [3.05, 3.63) is 29.8 Å². The first-order valence-electron chi connectivity index (χ1n) is 3.98. The molecule has 0 bridgehead atoms. The highest BCUT2D eigenvalue weighted by Crippen LogP contribution is 2.13. The lowest BCUT2D eigenvalue weighted by Crippen LogP contribution is -2.20. The van der Waals surface area contributed by atoms with E-state index in [4.69, 9.17) is 15.8 Å². The van der Waals surface area contributed by atoms with Crippen molar-refractivity contribution in [1.29, 1.82) is 0 Å². The molecule has 0 aliphatic carbocycles. The largest absolute Gasteiger partial charge is 0.707 e. The maximum absolute atomic E-state index is 10.6. The van der Waals surface area contributed by atoms with Crippen LogP contribution in [-0.2, 0) is 11.2 Å². The number of rotatable bonds is 4. The van der Waals surface area contributed by atoms with E-state index in [0.29, 0.717) is 5.56 Å². The predicted molar refractivity (Wildman–Crippen MR) is 50.2 cm³/mol. The maximum Gasteiger partial charge on any atom is 0.707 e. The summed E-state index contributed by atoms with van der Waals surface area (Å²) in [6.07, 6.45) is 0.0960. The normalized spacial score (nSPS) is 9.57. The van der Waals surface area contributed by atoms with Gasteiger partial charge in [-0.15, -0.1) is 0 Å². The Labute approximate surface area is 81.3 Å². The second-order valence-corrected chi connectivity index (χ2v) is 2.73. The van der Waals surface area contributed by atoms with E-state index >= 15 is 0 Å². The summed E-state index contributed by atoms with van der Waals surface area (Å²) in [4.78, 5) is 10.6. The van der Waals surface area contributed by atoms with Gasteiger partial charge in [-0.1, -0.05) is 12.1 Å². The van der Waals surface area contributed by atoms with Crippen LogP contribution >= 0.6 is 0 Å². The van der Waals surface area contributed by atoms with Crippen LogP contribution in [0.1, 0.15) is 5.56 Å². The Hall–Kier alpha value is -1.53. The topological polar surface area (TPSA) is 92.8 Å². The van der Waals surface area contributed by atoms with Crippen LogP contribution in [0.3, 0.4) is 0 Å². The lowest BCUT2D eigenvalue weighted by atomic mass is 10.1. The Balaban J connectivity index is 2.73. The third-order valence-corrected chi connectivity index (χ3v) is 1.52. The summed E-state index contributed by atoms with van der Waals surface area (Å²) in [6.45, 7) is 0. The zero-order valence-electron chi connectivity index (χ0n) is 7.38. The van der Waals surface area contributed by atoms with Crippen molar-refractivity contribution in [2.75, 3.05) is 0 Å². The summed E-state index contributed by atoms with van der Waals surface area (Å²) in [7, 11) is -1.86. The number of carbonyl (C=O) groups is 1. The van der Waals surface area contributed by atoms with E-state index in [1.165, 1.54) is 6.07 Å². The molecule has 6 heteroatoms. The van der Waals surface area contributed by atoms with Crippen LogP contribution in [0.15, 0.2) is 24.3 Å². The van der Waals surface area contributed by atoms with Crippen LogP contribution < -0.4 is 10.4 Å². The highest BCUT2D eigenvalue weighted by Gasteiger charge is 2.11. The van der Waals surface area contributed by atoms with E-state index in [1.54, 1.807) is 18.2 Å². The van der Waals surface area contributed by atoms with Crippen LogP contribution in [0.25, 0.3) is 0 Å². The summed E-state index contributed by atoms with van der Waals surface area (Å²) in [5, 5.41) is 17.0. The Bertz CT molecular complexity index is 329. The van der Waals surface area contributed by atoms with Crippen LogP contribution in [0.4, 0.5) is 0 Å². The fourth-order valence-electron chi connectivity index (χ4n) is 1.05. The van der Waals surface area contributed by atoms with Gasteiger partial charge in [0.2, 0.25) is 5.91 Å². The second-order valence-electron chi connectivity index (χ2n) is 2.73. The van der Waals surface area contributed by atoms with Gasteiger partial charge >= 0.3 is 7.32 Å². The first kappa shape index (κ1) is 10.6. The molecule has 1 rings (SSSR count). The molecule has 0 radical (unpaired) electrons. The monoisotopic (exact) mass is 195 g/mol. The third-order valence-electron chi connectivity index (χ3n) is 1.52. The SMILES string of the molecule is NC(=O)Cc1cccc(OB(O)O)c1. The number of nitrogens with two attached hydrogens (primary N) is 1. The molecule has 0 aromatic heterocycles. The second kappa shape index (κ2) is 4.64. The highest BCUT2D eigenvalue weighted by molar-refractivity contribution is 6.33. The van der Waals surface area contributed by atoms with Crippen molar-refractivity contribution in [1.82, 2.24) is 0 Å². The third kappa shape index (κ3) is 3.46. The Morgan fingerprint density at radius 2 is 2.21 bits per heavy atom. The average molecular weight is 195 g/mol. The summed E-state index contributed by atoms with van der Waals surface area (Å²) in [5.41, 5.74) is 5.66. The summed E-state index contributed by atoms with van der Waals surface area (Å²) < 4.78 is 4.60. The number of benzene rings is 1. The van der Waals surface area contributed by atoms with Gasteiger partial charge < -0.3 is 20.4 Å². The molecule has 1 amide bonds. The van der Waals surface area contributed by atoms with Crippen molar-refractivity contribution in [3.8, 4) is 5.75 Å². The van der Waals surface area contributed by atoms with E-state index in [9.17, 15) is 4.79 Å². The van der Waals surface area contributed by atoms with Crippen LogP contribution in [-0.4, -0.2) is 23.3 Å². The molecule has 0 aliphatic heterocycles. The zero-order chi connectivity index (χ0) is 10.6. The molecule has 0 atom stereocenters. The van der Waals surface area contributed by atoms with Crippen molar-refractivity contribution >= 4 is 13.2 Å². The average Bonchev–Trinajstić information content (AvgIpc) is 2.01. The maximum atomic E-state index is 10.6. The van der Waals surface area contributed by atoms with Crippen LogP contribution in [0.5, 0.6) is 5.75 Å². The van der Waals surface area contributed by atoms with Crippen molar-refractivity contribution < 1.29 is 19.5 Å². The van der Waals surface area contributed by atoms with Crippen LogP contribution in [0, 0.1) is 0 Å². The van der Waals surface area contributed by atoms with Crippen molar-refractivity contribution in [2.45, 2.75) is 6.42 Å². The smallest absolute Gasteiger partial charge is 0.512 e. The molecule has 74 valence electrons. The van der Waals surface area contributed by atoms with E-state index in [2.05, 4.69) is 4.65 Å². The predicted octanol–water partition coefficient (Wildman–Crippen LogP) is -0.937. The van der Waals surface area contributed by atoms with Gasteiger partial charge in [0.25, 0.3) is 0 Å². The Morgan fingerprint density at radius 1 is 1.50 bits per heavy atom. The van der Waals surface area contributed by atoms with Gasteiger partial charge in [0, 0.05) is 0 Å². The molecule has 0 unspecified atom stereocenters. The van der Waals surface area contributed by atoms with Gasteiger partial charge in [0.1, 0.15) is 5.75 Å². The molecular weight excluding hydrogens is 185 g/mol. The number of primary amides is 1. The molecule has 0 saturated carbocycles. The van der Waals surface area contributed by atoms with Gasteiger partial charge in [-0.05, 0) is 17.7 Å². The minimum absolute atomic E-state index is 0.0960. The quantitative estimate of drug-likeness (QED) is 0.540. The molecule has 0 aliphatic rings. The molecule has 0 spiro atoms.